The minimum absolute atomic E-state index is 0.105. The van der Waals surface area contributed by atoms with E-state index in [1.54, 1.807) is 23.5 Å². The highest BCUT2D eigenvalue weighted by Crippen LogP contribution is 2.19. The lowest BCUT2D eigenvalue weighted by molar-refractivity contribution is 0.148. The van der Waals surface area contributed by atoms with Crippen molar-refractivity contribution in [1.82, 2.24) is 10.6 Å². The molecule has 7 heteroatoms. The van der Waals surface area contributed by atoms with Crippen molar-refractivity contribution in [1.29, 1.82) is 0 Å². The minimum Gasteiger partial charge on any atom is -0.467 e. The van der Waals surface area contributed by atoms with Crippen LogP contribution in [0.25, 0.3) is 0 Å². The number of hydrogen-bond donors (Lipinski definition) is 3. The highest BCUT2D eigenvalue weighted by Gasteiger charge is 2.11. The molecule has 1 atom stereocenters. The lowest BCUT2D eigenvalue weighted by Gasteiger charge is -2.10. The lowest BCUT2D eigenvalue weighted by atomic mass is 10.3. The summed E-state index contributed by atoms with van der Waals surface area (Å²) < 4.78 is 6.04. The van der Waals surface area contributed by atoms with Crippen LogP contribution >= 0.6 is 27.3 Å². The van der Waals surface area contributed by atoms with Crippen LogP contribution in [0.3, 0.4) is 0 Å². The number of aliphatic hydroxyl groups is 1. The van der Waals surface area contributed by atoms with Crippen LogP contribution in [-0.4, -0.2) is 17.7 Å². The van der Waals surface area contributed by atoms with Crippen LogP contribution in [0.2, 0.25) is 0 Å². The fourth-order valence-corrected chi connectivity index (χ4v) is 2.84. The maximum Gasteiger partial charge on any atom is 0.315 e. The second-order valence-corrected chi connectivity index (χ2v) is 5.74. The van der Waals surface area contributed by atoms with Crippen molar-refractivity contribution < 1.29 is 14.3 Å². The first-order chi connectivity index (χ1) is 9.15. The zero-order valence-electron chi connectivity index (χ0n) is 9.93. The van der Waals surface area contributed by atoms with Crippen LogP contribution in [0.4, 0.5) is 4.79 Å². The number of carbonyl (C=O) groups excluding carboxylic acids is 1. The topological polar surface area (TPSA) is 74.5 Å². The van der Waals surface area contributed by atoms with Crippen LogP contribution < -0.4 is 10.6 Å². The van der Waals surface area contributed by atoms with Gasteiger partial charge in [0.15, 0.2) is 0 Å². The van der Waals surface area contributed by atoms with Gasteiger partial charge in [0, 0.05) is 14.7 Å². The molecule has 0 spiro atoms. The van der Waals surface area contributed by atoms with Gasteiger partial charge in [0.25, 0.3) is 0 Å². The number of urea groups is 1. The van der Waals surface area contributed by atoms with E-state index in [1.807, 2.05) is 11.4 Å². The molecule has 102 valence electrons. The Kier molecular flexibility index (Phi) is 5.00. The molecule has 5 nitrogen and oxygen atoms in total. The quantitative estimate of drug-likeness (QED) is 0.780. The van der Waals surface area contributed by atoms with E-state index in [1.165, 1.54) is 6.26 Å². The number of aliphatic hydroxyl groups excluding tert-OH is 1. The van der Waals surface area contributed by atoms with Crippen molar-refractivity contribution in [2.24, 2.45) is 0 Å². The molecule has 0 aliphatic carbocycles. The summed E-state index contributed by atoms with van der Waals surface area (Å²) in [6.45, 7) is 0.562. The van der Waals surface area contributed by atoms with Gasteiger partial charge in [-0.1, -0.05) is 0 Å². The Labute approximate surface area is 122 Å². The molecule has 0 radical (unpaired) electrons. The molecule has 2 rings (SSSR count). The van der Waals surface area contributed by atoms with Gasteiger partial charge in [-0.15, -0.1) is 11.3 Å². The van der Waals surface area contributed by atoms with Gasteiger partial charge >= 0.3 is 6.03 Å². The normalized spacial score (nSPS) is 12.1. The van der Waals surface area contributed by atoms with Crippen molar-refractivity contribution in [3.8, 4) is 0 Å². The van der Waals surface area contributed by atoms with E-state index in [-0.39, 0.29) is 12.6 Å². The van der Waals surface area contributed by atoms with Crippen LogP contribution in [-0.2, 0) is 6.54 Å². The molecule has 2 aromatic heterocycles. The predicted octanol–water partition coefficient (Wildman–Crippen LogP) is 2.64. The molecule has 0 aliphatic rings. The van der Waals surface area contributed by atoms with Crippen molar-refractivity contribution in [3.63, 3.8) is 0 Å². The first-order valence-electron chi connectivity index (χ1n) is 5.61. The largest absolute Gasteiger partial charge is 0.467 e. The first kappa shape index (κ1) is 14.1. The Morgan fingerprint density at radius 3 is 3.00 bits per heavy atom. The number of thiophene rings is 1. The van der Waals surface area contributed by atoms with E-state index in [2.05, 4.69) is 26.6 Å². The van der Waals surface area contributed by atoms with Gasteiger partial charge in [-0.3, -0.25) is 0 Å². The average Bonchev–Trinajstić information content (AvgIpc) is 3.04. The molecule has 0 bridgehead atoms. The van der Waals surface area contributed by atoms with Crippen molar-refractivity contribution in [2.75, 3.05) is 6.54 Å². The van der Waals surface area contributed by atoms with Crippen LogP contribution in [0, 0.1) is 0 Å². The molecular weight excluding hydrogens is 332 g/mol. The van der Waals surface area contributed by atoms with E-state index < -0.39 is 6.10 Å². The summed E-state index contributed by atoms with van der Waals surface area (Å²) in [5.41, 5.74) is 0. The number of hydrogen-bond acceptors (Lipinski definition) is 4. The highest BCUT2D eigenvalue weighted by molar-refractivity contribution is 9.10. The second kappa shape index (κ2) is 6.74. The standard InChI is InChI=1S/C12H13BrN2O3S/c13-8-4-9(19-7-8)5-14-12(17)15-6-10(16)11-2-1-3-18-11/h1-4,7,10,16H,5-6H2,(H2,14,15,17). The van der Waals surface area contributed by atoms with Crippen LogP contribution in [0.1, 0.15) is 16.7 Å². The molecule has 0 fully saturated rings. The zero-order chi connectivity index (χ0) is 13.7. The molecule has 1 unspecified atom stereocenters. The lowest BCUT2D eigenvalue weighted by Crippen LogP contribution is -2.37. The molecular formula is C12H13BrN2O3S. The van der Waals surface area contributed by atoms with Crippen LogP contribution in [0.5, 0.6) is 0 Å². The molecule has 0 aromatic carbocycles. The van der Waals surface area contributed by atoms with E-state index in [4.69, 9.17) is 4.42 Å². The Morgan fingerprint density at radius 2 is 2.37 bits per heavy atom. The molecule has 2 amide bonds. The van der Waals surface area contributed by atoms with Gasteiger partial charge in [-0.25, -0.2) is 4.79 Å². The summed E-state index contributed by atoms with van der Waals surface area (Å²) in [4.78, 5) is 12.6. The average molecular weight is 345 g/mol. The molecule has 0 saturated carbocycles. The first-order valence-corrected chi connectivity index (χ1v) is 7.28. The number of furan rings is 1. The van der Waals surface area contributed by atoms with E-state index in [0.717, 1.165) is 9.35 Å². The monoisotopic (exact) mass is 344 g/mol. The number of amides is 2. The summed E-state index contributed by atoms with van der Waals surface area (Å²) in [5, 5.41) is 17.0. The molecule has 3 N–H and O–H groups in total. The van der Waals surface area contributed by atoms with Crippen LogP contribution in [0.15, 0.2) is 38.7 Å². The third kappa shape index (κ3) is 4.38. The predicted molar refractivity (Wildman–Crippen MR) is 75.9 cm³/mol. The number of nitrogens with one attached hydrogen (secondary N) is 2. The molecule has 0 saturated heterocycles. The zero-order valence-corrected chi connectivity index (χ0v) is 12.3. The van der Waals surface area contributed by atoms with Gasteiger partial charge in [-0.2, -0.15) is 0 Å². The van der Waals surface area contributed by atoms with Crippen molar-refractivity contribution in [2.45, 2.75) is 12.6 Å². The van der Waals surface area contributed by atoms with E-state index in [9.17, 15) is 9.90 Å². The Bertz CT molecular complexity index is 527. The minimum atomic E-state index is -0.836. The van der Waals surface area contributed by atoms with E-state index >= 15 is 0 Å². The van der Waals surface area contributed by atoms with Gasteiger partial charge in [0.2, 0.25) is 0 Å². The maximum absolute atomic E-state index is 11.5. The van der Waals surface area contributed by atoms with Gasteiger partial charge in [0.1, 0.15) is 11.9 Å². The second-order valence-electron chi connectivity index (χ2n) is 3.83. The number of halogens is 1. The number of rotatable bonds is 5. The van der Waals surface area contributed by atoms with E-state index in [0.29, 0.717) is 12.3 Å². The molecule has 0 aliphatic heterocycles. The van der Waals surface area contributed by atoms with Gasteiger partial charge in [0.05, 0.1) is 19.4 Å². The summed E-state index contributed by atoms with van der Waals surface area (Å²) in [5.74, 6) is 0.433. The third-order valence-corrected chi connectivity index (χ3v) is 4.07. The summed E-state index contributed by atoms with van der Waals surface area (Å²) in [6.07, 6.45) is 0.643. The Hall–Kier alpha value is -1.31. The molecule has 2 aromatic rings. The fraction of sp³-hybridized carbons (Fsp3) is 0.250. The summed E-state index contributed by atoms with van der Waals surface area (Å²) in [7, 11) is 0. The van der Waals surface area contributed by atoms with Crippen molar-refractivity contribution >= 4 is 33.3 Å². The fourth-order valence-electron chi connectivity index (χ4n) is 1.45. The maximum atomic E-state index is 11.5. The Balaban J connectivity index is 1.70. The molecule has 2 heterocycles. The number of carbonyl (C=O) groups is 1. The molecule has 19 heavy (non-hydrogen) atoms. The summed E-state index contributed by atoms with van der Waals surface area (Å²) in [6, 6.07) is 4.97. The van der Waals surface area contributed by atoms with Gasteiger partial charge in [-0.05, 0) is 34.1 Å². The third-order valence-electron chi connectivity index (χ3n) is 2.37. The van der Waals surface area contributed by atoms with Gasteiger partial charge < -0.3 is 20.2 Å². The van der Waals surface area contributed by atoms with Crippen molar-refractivity contribution in [3.05, 3.63) is 45.0 Å². The smallest absolute Gasteiger partial charge is 0.315 e. The SMILES string of the molecule is O=C(NCc1cc(Br)cs1)NCC(O)c1ccco1. The highest BCUT2D eigenvalue weighted by atomic mass is 79.9. The summed E-state index contributed by atoms with van der Waals surface area (Å²) >= 11 is 4.91. The Morgan fingerprint density at radius 1 is 1.53 bits per heavy atom.